The van der Waals surface area contributed by atoms with Gasteiger partial charge in [-0.15, -0.1) is 0 Å². The predicted octanol–water partition coefficient (Wildman–Crippen LogP) is 1.64. The van der Waals surface area contributed by atoms with Crippen molar-refractivity contribution in [3.8, 4) is 0 Å². The summed E-state index contributed by atoms with van der Waals surface area (Å²) in [6, 6.07) is 0.438. The number of ether oxygens (including phenoxy) is 2. The lowest BCUT2D eigenvalue weighted by atomic mass is 10.2. The Labute approximate surface area is 111 Å². The topological polar surface area (TPSA) is 33.7 Å². The average Bonchev–Trinajstić information content (AvgIpc) is 2.34. The van der Waals surface area contributed by atoms with Gasteiger partial charge in [0.2, 0.25) is 0 Å². The van der Waals surface area contributed by atoms with Crippen LogP contribution in [-0.2, 0) is 9.47 Å². The lowest BCUT2D eigenvalue weighted by Crippen LogP contribution is -2.46. The van der Waals surface area contributed by atoms with Gasteiger partial charge in [-0.1, -0.05) is 6.92 Å². The summed E-state index contributed by atoms with van der Waals surface area (Å²) in [5, 5.41) is 4.08. The quantitative estimate of drug-likeness (QED) is 0.505. The fraction of sp³-hybridized carbons (Fsp3) is 0.917. The molecule has 0 aromatic heterocycles. The van der Waals surface area contributed by atoms with Crippen molar-refractivity contribution in [2.75, 3.05) is 40.5 Å². The molecule has 0 aromatic carbocycles. The first kappa shape index (κ1) is 16.6. The van der Waals surface area contributed by atoms with E-state index in [1.54, 1.807) is 14.2 Å². The number of nitrogens with zero attached hydrogens (tertiary/aromatic N) is 1. The van der Waals surface area contributed by atoms with Crippen molar-refractivity contribution in [2.24, 2.45) is 0 Å². The van der Waals surface area contributed by atoms with Crippen molar-refractivity contribution in [3.63, 3.8) is 0 Å². The van der Waals surface area contributed by atoms with E-state index >= 15 is 0 Å². The van der Waals surface area contributed by atoms with Crippen LogP contribution in [0.3, 0.4) is 0 Å². The van der Waals surface area contributed by atoms with Gasteiger partial charge in [0, 0.05) is 40.0 Å². The summed E-state index contributed by atoms with van der Waals surface area (Å²) in [6.45, 7) is 7.49. The summed E-state index contributed by atoms with van der Waals surface area (Å²) in [5.74, 6) is 0. The second-order valence-corrected chi connectivity index (χ2v) is 4.41. The van der Waals surface area contributed by atoms with E-state index in [2.05, 4.69) is 24.1 Å². The van der Waals surface area contributed by atoms with Crippen LogP contribution in [0.4, 0.5) is 0 Å². The molecule has 0 bridgehead atoms. The molecule has 0 saturated heterocycles. The minimum absolute atomic E-state index is 0.438. The van der Waals surface area contributed by atoms with Crippen LogP contribution in [0, 0.1) is 0 Å². The van der Waals surface area contributed by atoms with Gasteiger partial charge >= 0.3 is 0 Å². The molecule has 0 saturated carbocycles. The van der Waals surface area contributed by atoms with Gasteiger partial charge in [-0.25, -0.2) is 0 Å². The van der Waals surface area contributed by atoms with Crippen LogP contribution in [0.2, 0.25) is 0 Å². The summed E-state index contributed by atoms with van der Waals surface area (Å²) < 4.78 is 10.1. The smallest absolute Gasteiger partial charge is 0.169 e. The number of hydrogen-bond donors (Lipinski definition) is 1. The SMILES string of the molecule is CCC(C)N(CCOC)C(=S)NCCCOC. The minimum atomic E-state index is 0.438. The maximum atomic E-state index is 5.40. The van der Waals surface area contributed by atoms with Crippen molar-refractivity contribution in [1.82, 2.24) is 10.2 Å². The molecular formula is C12H26N2O2S. The highest BCUT2D eigenvalue weighted by molar-refractivity contribution is 7.80. The number of methoxy groups -OCH3 is 2. The van der Waals surface area contributed by atoms with Crippen molar-refractivity contribution >= 4 is 17.3 Å². The van der Waals surface area contributed by atoms with E-state index in [0.717, 1.165) is 37.7 Å². The summed E-state index contributed by atoms with van der Waals surface area (Å²) in [4.78, 5) is 2.19. The van der Waals surface area contributed by atoms with Crippen LogP contribution in [0.15, 0.2) is 0 Å². The molecule has 1 unspecified atom stereocenters. The molecule has 0 aromatic rings. The first-order valence-electron chi connectivity index (χ1n) is 6.19. The first-order valence-corrected chi connectivity index (χ1v) is 6.60. The molecule has 0 fully saturated rings. The third kappa shape index (κ3) is 7.52. The lowest BCUT2D eigenvalue weighted by Gasteiger charge is -2.31. The molecule has 1 atom stereocenters. The highest BCUT2D eigenvalue weighted by atomic mass is 32.1. The average molecular weight is 262 g/mol. The van der Waals surface area contributed by atoms with Crippen LogP contribution in [0.25, 0.3) is 0 Å². The van der Waals surface area contributed by atoms with Crippen LogP contribution in [0.5, 0.6) is 0 Å². The van der Waals surface area contributed by atoms with E-state index in [1.807, 2.05) is 0 Å². The lowest BCUT2D eigenvalue weighted by molar-refractivity contribution is 0.162. The van der Waals surface area contributed by atoms with E-state index in [1.165, 1.54) is 0 Å². The Bertz CT molecular complexity index is 203. The third-order valence-electron chi connectivity index (χ3n) is 2.72. The Morgan fingerprint density at radius 3 is 2.47 bits per heavy atom. The molecule has 5 heteroatoms. The van der Waals surface area contributed by atoms with Crippen molar-refractivity contribution < 1.29 is 9.47 Å². The Morgan fingerprint density at radius 2 is 1.94 bits per heavy atom. The van der Waals surface area contributed by atoms with Gasteiger partial charge in [-0.3, -0.25) is 0 Å². The highest BCUT2D eigenvalue weighted by Gasteiger charge is 2.14. The Morgan fingerprint density at radius 1 is 1.29 bits per heavy atom. The zero-order valence-corrected chi connectivity index (χ0v) is 12.3. The molecule has 0 aliphatic rings. The summed E-state index contributed by atoms with van der Waals surface area (Å²) in [5.41, 5.74) is 0. The number of nitrogens with one attached hydrogen (secondary N) is 1. The molecule has 0 rings (SSSR count). The molecular weight excluding hydrogens is 236 g/mol. The van der Waals surface area contributed by atoms with E-state index in [0.29, 0.717) is 12.6 Å². The molecule has 0 aliphatic heterocycles. The van der Waals surface area contributed by atoms with Gasteiger partial charge < -0.3 is 19.7 Å². The second kappa shape index (κ2) is 10.7. The first-order chi connectivity index (χ1) is 8.17. The van der Waals surface area contributed by atoms with Crippen LogP contribution in [0.1, 0.15) is 26.7 Å². The molecule has 4 nitrogen and oxygen atoms in total. The van der Waals surface area contributed by atoms with Gasteiger partial charge in [0.15, 0.2) is 5.11 Å². The normalized spacial score (nSPS) is 12.2. The Hall–Kier alpha value is -0.390. The number of thiocarbonyl (C=S) groups is 1. The second-order valence-electron chi connectivity index (χ2n) is 4.02. The van der Waals surface area contributed by atoms with E-state index in [9.17, 15) is 0 Å². The maximum absolute atomic E-state index is 5.40. The van der Waals surface area contributed by atoms with Crippen LogP contribution < -0.4 is 5.32 Å². The predicted molar refractivity (Wildman–Crippen MR) is 75.4 cm³/mol. The van der Waals surface area contributed by atoms with Crippen LogP contribution >= 0.6 is 12.2 Å². The molecule has 1 N–H and O–H groups in total. The third-order valence-corrected chi connectivity index (χ3v) is 3.10. The Kier molecular flexibility index (Phi) is 10.5. The molecule has 0 heterocycles. The van der Waals surface area contributed by atoms with E-state index < -0.39 is 0 Å². The zero-order valence-electron chi connectivity index (χ0n) is 11.5. The molecule has 0 radical (unpaired) electrons. The maximum Gasteiger partial charge on any atom is 0.169 e. The van der Waals surface area contributed by atoms with E-state index in [-0.39, 0.29) is 0 Å². The van der Waals surface area contributed by atoms with Crippen molar-refractivity contribution in [3.05, 3.63) is 0 Å². The van der Waals surface area contributed by atoms with Gasteiger partial charge in [0.25, 0.3) is 0 Å². The van der Waals surface area contributed by atoms with Crippen LogP contribution in [-0.4, -0.2) is 56.6 Å². The fourth-order valence-corrected chi connectivity index (χ4v) is 1.82. The molecule has 0 aliphatic carbocycles. The Balaban J connectivity index is 4.03. The minimum Gasteiger partial charge on any atom is -0.385 e. The summed E-state index contributed by atoms with van der Waals surface area (Å²) in [6.07, 6.45) is 2.04. The van der Waals surface area contributed by atoms with Crippen molar-refractivity contribution in [1.29, 1.82) is 0 Å². The zero-order chi connectivity index (χ0) is 13.1. The van der Waals surface area contributed by atoms with Gasteiger partial charge in [0.05, 0.1) is 6.61 Å². The number of rotatable bonds is 9. The molecule has 0 amide bonds. The van der Waals surface area contributed by atoms with Gasteiger partial charge in [0.1, 0.15) is 0 Å². The molecule has 0 spiro atoms. The monoisotopic (exact) mass is 262 g/mol. The van der Waals surface area contributed by atoms with Gasteiger partial charge in [-0.2, -0.15) is 0 Å². The standard InChI is InChI=1S/C12H26N2O2S/c1-5-11(2)14(8-10-16-4)12(17)13-7-6-9-15-3/h11H,5-10H2,1-4H3,(H,13,17). The summed E-state index contributed by atoms with van der Waals surface area (Å²) in [7, 11) is 3.42. The van der Waals surface area contributed by atoms with Crippen molar-refractivity contribution in [2.45, 2.75) is 32.7 Å². The largest absolute Gasteiger partial charge is 0.385 e. The highest BCUT2D eigenvalue weighted by Crippen LogP contribution is 2.04. The molecule has 102 valence electrons. The van der Waals surface area contributed by atoms with Gasteiger partial charge in [-0.05, 0) is 32.0 Å². The fourth-order valence-electron chi connectivity index (χ4n) is 1.45. The number of hydrogen-bond acceptors (Lipinski definition) is 3. The molecule has 17 heavy (non-hydrogen) atoms. The van der Waals surface area contributed by atoms with E-state index in [4.69, 9.17) is 21.7 Å². The summed E-state index contributed by atoms with van der Waals surface area (Å²) >= 11 is 5.40.